The van der Waals surface area contributed by atoms with Crippen LogP contribution in [-0.4, -0.2) is 24.5 Å². The van der Waals surface area contributed by atoms with Crippen molar-refractivity contribution in [1.29, 1.82) is 0 Å². The number of aryl methyl sites for hydroxylation is 1. The zero-order valence-electron chi connectivity index (χ0n) is 9.04. The predicted octanol–water partition coefficient (Wildman–Crippen LogP) is 1.05. The summed E-state index contributed by atoms with van der Waals surface area (Å²) in [5.41, 5.74) is 1.58. The van der Waals surface area contributed by atoms with Gasteiger partial charge in [-0.1, -0.05) is 18.2 Å². The van der Waals surface area contributed by atoms with Gasteiger partial charge in [-0.2, -0.15) is 13.5 Å². The molecule has 0 amide bonds. The Morgan fingerprint density at radius 2 is 2.06 bits per heavy atom. The van der Waals surface area contributed by atoms with Gasteiger partial charge in [-0.25, -0.2) is 0 Å². The number of fused-ring (bicyclic) bond motifs is 1. The van der Waals surface area contributed by atoms with Gasteiger partial charge in [0.15, 0.2) is 0 Å². The van der Waals surface area contributed by atoms with Crippen molar-refractivity contribution < 1.29 is 12.6 Å². The lowest BCUT2D eigenvalue weighted by molar-refractivity contribution is 0.302. The van der Waals surface area contributed by atoms with E-state index in [0.717, 1.165) is 22.9 Å². The second kappa shape index (κ2) is 3.88. The van der Waals surface area contributed by atoms with Crippen LogP contribution in [0, 0.1) is 0 Å². The number of hydrogen-bond donors (Lipinski definition) is 0. The molecule has 86 valence electrons. The van der Waals surface area contributed by atoms with Gasteiger partial charge in [0.1, 0.15) is 6.61 Å². The molecule has 0 fully saturated rings. The fourth-order valence-corrected chi connectivity index (χ4v) is 1.86. The Morgan fingerprint density at radius 3 is 2.75 bits per heavy atom. The van der Waals surface area contributed by atoms with E-state index in [2.05, 4.69) is 5.10 Å². The van der Waals surface area contributed by atoms with Gasteiger partial charge in [0, 0.05) is 12.4 Å². The minimum absolute atomic E-state index is 0.00977. The average Bonchev–Trinajstić information content (AvgIpc) is 2.49. The molecule has 0 radical (unpaired) electrons. The molecule has 0 unspecified atom stereocenters. The molecule has 2 aromatic rings. The van der Waals surface area contributed by atoms with Crippen molar-refractivity contribution in [2.24, 2.45) is 7.05 Å². The maximum Gasteiger partial charge on any atom is 0.264 e. The van der Waals surface area contributed by atoms with Gasteiger partial charge in [-0.3, -0.25) is 8.86 Å². The molecule has 1 aromatic carbocycles. The molecule has 0 spiro atoms. The summed E-state index contributed by atoms with van der Waals surface area (Å²) in [5, 5.41) is 5.17. The van der Waals surface area contributed by atoms with Crippen LogP contribution in [0.15, 0.2) is 24.3 Å². The largest absolute Gasteiger partial charge is 0.269 e. The second-order valence-corrected chi connectivity index (χ2v) is 5.20. The highest BCUT2D eigenvalue weighted by Crippen LogP contribution is 2.18. The summed E-state index contributed by atoms with van der Waals surface area (Å²) < 4.78 is 28.3. The Kier molecular flexibility index (Phi) is 2.69. The molecule has 0 atom stereocenters. The molecular formula is C10H12N2O3S. The minimum Gasteiger partial charge on any atom is -0.269 e. The Labute approximate surface area is 93.8 Å². The van der Waals surface area contributed by atoms with Gasteiger partial charge in [-0.05, 0) is 6.07 Å². The zero-order chi connectivity index (χ0) is 11.8. The minimum atomic E-state index is -3.43. The molecule has 0 saturated carbocycles. The summed E-state index contributed by atoms with van der Waals surface area (Å²) >= 11 is 0. The van der Waals surface area contributed by atoms with E-state index in [9.17, 15) is 8.42 Å². The monoisotopic (exact) mass is 240 g/mol. The number of rotatable bonds is 3. The highest BCUT2D eigenvalue weighted by Gasteiger charge is 2.10. The van der Waals surface area contributed by atoms with E-state index in [0.29, 0.717) is 0 Å². The molecule has 6 heteroatoms. The quantitative estimate of drug-likeness (QED) is 0.752. The average molecular weight is 240 g/mol. The lowest BCUT2D eigenvalue weighted by Gasteiger charge is -2.02. The first-order chi connectivity index (χ1) is 7.47. The molecule has 2 rings (SSSR count). The van der Waals surface area contributed by atoms with Gasteiger partial charge in [0.25, 0.3) is 10.1 Å². The van der Waals surface area contributed by atoms with Crippen molar-refractivity contribution in [2.45, 2.75) is 6.61 Å². The van der Waals surface area contributed by atoms with Gasteiger partial charge >= 0.3 is 0 Å². The van der Waals surface area contributed by atoms with Crippen molar-refractivity contribution in [3.63, 3.8) is 0 Å². The van der Waals surface area contributed by atoms with Crippen LogP contribution >= 0.6 is 0 Å². The summed E-state index contributed by atoms with van der Waals surface area (Å²) in [5.74, 6) is 0. The standard InChI is InChI=1S/C10H12N2O3S/c1-12-10(7-15-16(2,13)14)8-5-3-4-6-9(8)11-12/h3-6H,7H2,1-2H3. The van der Waals surface area contributed by atoms with E-state index in [1.165, 1.54) is 0 Å². The molecule has 16 heavy (non-hydrogen) atoms. The summed E-state index contributed by atoms with van der Waals surface area (Å²) in [7, 11) is -1.66. The van der Waals surface area contributed by atoms with Gasteiger partial charge < -0.3 is 0 Å². The molecule has 0 aliphatic rings. The molecule has 5 nitrogen and oxygen atoms in total. The fourth-order valence-electron chi connectivity index (χ4n) is 1.54. The molecular weight excluding hydrogens is 228 g/mol. The summed E-state index contributed by atoms with van der Waals surface area (Å²) in [6, 6.07) is 7.53. The molecule has 0 bridgehead atoms. The molecule has 1 aromatic heterocycles. The fraction of sp³-hybridized carbons (Fsp3) is 0.300. The predicted molar refractivity (Wildman–Crippen MR) is 60.3 cm³/mol. The van der Waals surface area contributed by atoms with Crippen LogP contribution in [0.5, 0.6) is 0 Å². The maximum atomic E-state index is 10.9. The lowest BCUT2D eigenvalue weighted by Crippen LogP contribution is -2.06. The van der Waals surface area contributed by atoms with Gasteiger partial charge in [-0.15, -0.1) is 0 Å². The summed E-state index contributed by atoms with van der Waals surface area (Å²) in [4.78, 5) is 0. The highest BCUT2D eigenvalue weighted by molar-refractivity contribution is 7.85. The second-order valence-electron chi connectivity index (χ2n) is 3.55. The van der Waals surface area contributed by atoms with Crippen molar-refractivity contribution in [3.8, 4) is 0 Å². The highest BCUT2D eigenvalue weighted by atomic mass is 32.2. The molecule has 0 aliphatic carbocycles. The van der Waals surface area contributed by atoms with Crippen LogP contribution < -0.4 is 0 Å². The van der Waals surface area contributed by atoms with Crippen LogP contribution in [-0.2, 0) is 28.0 Å². The molecule has 0 saturated heterocycles. The van der Waals surface area contributed by atoms with E-state index in [4.69, 9.17) is 4.18 Å². The van der Waals surface area contributed by atoms with Crippen LogP contribution in [0.25, 0.3) is 10.9 Å². The van der Waals surface area contributed by atoms with Crippen molar-refractivity contribution >= 4 is 21.0 Å². The summed E-state index contributed by atoms with van der Waals surface area (Å²) in [6.07, 6.45) is 1.03. The Bertz CT molecular complexity index is 616. The first-order valence-electron chi connectivity index (χ1n) is 4.72. The molecule has 0 aliphatic heterocycles. The van der Waals surface area contributed by atoms with Gasteiger partial charge in [0.05, 0.1) is 17.5 Å². The first kappa shape index (κ1) is 11.1. The number of aromatic nitrogens is 2. The van der Waals surface area contributed by atoms with E-state index in [-0.39, 0.29) is 6.61 Å². The Morgan fingerprint density at radius 1 is 1.38 bits per heavy atom. The van der Waals surface area contributed by atoms with E-state index >= 15 is 0 Å². The van der Waals surface area contributed by atoms with Crippen molar-refractivity contribution in [3.05, 3.63) is 30.0 Å². The number of benzene rings is 1. The zero-order valence-corrected chi connectivity index (χ0v) is 9.86. The number of nitrogens with zero attached hydrogens (tertiary/aromatic N) is 2. The molecule has 1 heterocycles. The van der Waals surface area contributed by atoms with Crippen LogP contribution in [0.3, 0.4) is 0 Å². The third-order valence-electron chi connectivity index (χ3n) is 2.27. The normalized spacial score (nSPS) is 12.1. The molecule has 0 N–H and O–H groups in total. The number of hydrogen-bond acceptors (Lipinski definition) is 4. The van der Waals surface area contributed by atoms with E-state index < -0.39 is 10.1 Å². The Balaban J connectivity index is 2.40. The van der Waals surface area contributed by atoms with E-state index in [1.807, 2.05) is 24.3 Å². The van der Waals surface area contributed by atoms with Crippen molar-refractivity contribution in [2.75, 3.05) is 6.26 Å². The van der Waals surface area contributed by atoms with Crippen LogP contribution in [0.2, 0.25) is 0 Å². The first-order valence-corrected chi connectivity index (χ1v) is 6.54. The van der Waals surface area contributed by atoms with E-state index in [1.54, 1.807) is 11.7 Å². The summed E-state index contributed by atoms with van der Waals surface area (Å²) in [6.45, 7) is 0.00977. The Hall–Kier alpha value is -1.40. The third kappa shape index (κ3) is 2.23. The SMILES string of the molecule is Cn1nc2ccccc2c1COS(C)(=O)=O. The third-order valence-corrected chi connectivity index (χ3v) is 2.82. The van der Waals surface area contributed by atoms with Crippen molar-refractivity contribution in [1.82, 2.24) is 9.78 Å². The maximum absolute atomic E-state index is 10.9. The van der Waals surface area contributed by atoms with Crippen LogP contribution in [0.1, 0.15) is 5.69 Å². The van der Waals surface area contributed by atoms with Gasteiger partial charge in [0.2, 0.25) is 0 Å². The van der Waals surface area contributed by atoms with Crippen LogP contribution in [0.4, 0.5) is 0 Å². The smallest absolute Gasteiger partial charge is 0.264 e. The topological polar surface area (TPSA) is 61.2 Å². The lowest BCUT2D eigenvalue weighted by atomic mass is 10.2.